The number of rotatable bonds is 4. The van der Waals surface area contributed by atoms with E-state index >= 15 is 0 Å². The van der Waals surface area contributed by atoms with E-state index in [1.54, 1.807) is 0 Å². The summed E-state index contributed by atoms with van der Waals surface area (Å²) in [4.78, 5) is 2.58. The summed E-state index contributed by atoms with van der Waals surface area (Å²) in [5, 5.41) is 0. The zero-order chi connectivity index (χ0) is 9.52. The number of hydrogen-bond donors (Lipinski definition) is 1. The van der Waals surface area contributed by atoms with Gasteiger partial charge in [-0.2, -0.15) is 0 Å². The monoisotopic (exact) mass is 182 g/mol. The van der Waals surface area contributed by atoms with E-state index in [9.17, 15) is 0 Å². The standard InChI is InChI=1S/C11H22N2/c1-2-11-7-3-5-9-13(11)10-6-4-8-12/h4,6,11H,2-3,5,7-10,12H2,1H3. The fraction of sp³-hybridized carbons (Fsp3) is 0.818. The summed E-state index contributed by atoms with van der Waals surface area (Å²) >= 11 is 0. The van der Waals surface area contributed by atoms with Gasteiger partial charge in [0, 0.05) is 19.1 Å². The summed E-state index contributed by atoms with van der Waals surface area (Å²) < 4.78 is 0. The topological polar surface area (TPSA) is 29.3 Å². The highest BCUT2D eigenvalue weighted by Gasteiger charge is 2.18. The Labute approximate surface area is 81.8 Å². The predicted octanol–water partition coefficient (Wildman–Crippen LogP) is 1.77. The molecule has 0 radical (unpaired) electrons. The van der Waals surface area contributed by atoms with E-state index < -0.39 is 0 Å². The molecule has 2 N–H and O–H groups in total. The maximum absolute atomic E-state index is 5.41. The Balaban J connectivity index is 2.31. The van der Waals surface area contributed by atoms with Gasteiger partial charge in [-0.3, -0.25) is 4.90 Å². The van der Waals surface area contributed by atoms with E-state index in [1.807, 2.05) is 0 Å². The number of piperidine rings is 1. The van der Waals surface area contributed by atoms with Gasteiger partial charge in [0.2, 0.25) is 0 Å². The van der Waals surface area contributed by atoms with Crippen molar-refractivity contribution in [1.29, 1.82) is 0 Å². The number of nitrogens with two attached hydrogens (primary N) is 1. The molecule has 0 amide bonds. The number of nitrogens with zero attached hydrogens (tertiary/aromatic N) is 1. The Hall–Kier alpha value is -0.340. The first kappa shape index (κ1) is 10.7. The van der Waals surface area contributed by atoms with Crippen molar-refractivity contribution < 1.29 is 0 Å². The van der Waals surface area contributed by atoms with Crippen molar-refractivity contribution in [3.8, 4) is 0 Å². The highest BCUT2D eigenvalue weighted by molar-refractivity contribution is 4.88. The first-order chi connectivity index (χ1) is 6.38. The van der Waals surface area contributed by atoms with Crippen LogP contribution in [0.3, 0.4) is 0 Å². The van der Waals surface area contributed by atoms with Crippen molar-refractivity contribution in [1.82, 2.24) is 4.90 Å². The van der Waals surface area contributed by atoms with Crippen LogP contribution < -0.4 is 5.73 Å². The molecule has 1 rings (SSSR count). The van der Waals surface area contributed by atoms with Crippen LogP contribution >= 0.6 is 0 Å². The van der Waals surface area contributed by atoms with Crippen molar-refractivity contribution in [3.05, 3.63) is 12.2 Å². The molecule has 1 unspecified atom stereocenters. The molecule has 2 nitrogen and oxygen atoms in total. The quantitative estimate of drug-likeness (QED) is 0.671. The molecular formula is C11H22N2. The van der Waals surface area contributed by atoms with Crippen molar-refractivity contribution in [2.75, 3.05) is 19.6 Å². The lowest BCUT2D eigenvalue weighted by atomic mass is 10.0. The summed E-state index contributed by atoms with van der Waals surface area (Å²) in [6, 6.07) is 0.816. The summed E-state index contributed by atoms with van der Waals surface area (Å²) in [6.07, 6.45) is 9.71. The molecule has 0 bridgehead atoms. The maximum Gasteiger partial charge on any atom is 0.0166 e. The van der Waals surface area contributed by atoms with Gasteiger partial charge in [0.1, 0.15) is 0 Å². The average molecular weight is 182 g/mol. The minimum Gasteiger partial charge on any atom is -0.327 e. The largest absolute Gasteiger partial charge is 0.327 e. The Bertz CT molecular complexity index is 154. The van der Waals surface area contributed by atoms with Gasteiger partial charge in [-0.1, -0.05) is 25.5 Å². The summed E-state index contributed by atoms with van der Waals surface area (Å²) in [5.41, 5.74) is 5.41. The molecule has 0 aromatic carbocycles. The van der Waals surface area contributed by atoms with Crippen LogP contribution in [-0.4, -0.2) is 30.6 Å². The lowest BCUT2D eigenvalue weighted by Gasteiger charge is -2.34. The van der Waals surface area contributed by atoms with Gasteiger partial charge in [0.05, 0.1) is 0 Å². The zero-order valence-electron chi connectivity index (χ0n) is 8.71. The van der Waals surface area contributed by atoms with Crippen molar-refractivity contribution in [2.24, 2.45) is 5.73 Å². The van der Waals surface area contributed by atoms with E-state index in [0.29, 0.717) is 6.54 Å². The Morgan fingerprint density at radius 2 is 2.23 bits per heavy atom. The fourth-order valence-corrected chi connectivity index (χ4v) is 2.07. The normalized spacial score (nSPS) is 25.5. The molecular weight excluding hydrogens is 160 g/mol. The Morgan fingerprint density at radius 1 is 1.38 bits per heavy atom. The molecule has 76 valence electrons. The molecule has 13 heavy (non-hydrogen) atoms. The smallest absolute Gasteiger partial charge is 0.0166 e. The first-order valence-corrected chi connectivity index (χ1v) is 5.47. The minimum atomic E-state index is 0.671. The van der Waals surface area contributed by atoms with Gasteiger partial charge in [-0.15, -0.1) is 0 Å². The molecule has 0 saturated carbocycles. The highest BCUT2D eigenvalue weighted by Crippen LogP contribution is 2.18. The molecule has 1 saturated heterocycles. The van der Waals surface area contributed by atoms with E-state index in [1.165, 1.54) is 32.2 Å². The van der Waals surface area contributed by atoms with Crippen molar-refractivity contribution in [2.45, 2.75) is 38.6 Å². The minimum absolute atomic E-state index is 0.671. The molecule has 0 spiro atoms. The lowest BCUT2D eigenvalue weighted by Crippen LogP contribution is -2.39. The molecule has 1 atom stereocenters. The maximum atomic E-state index is 5.41. The predicted molar refractivity (Wildman–Crippen MR) is 57.7 cm³/mol. The third-order valence-electron chi connectivity index (χ3n) is 2.86. The van der Waals surface area contributed by atoms with Crippen LogP contribution in [0.4, 0.5) is 0 Å². The van der Waals surface area contributed by atoms with Crippen molar-refractivity contribution in [3.63, 3.8) is 0 Å². The third-order valence-corrected chi connectivity index (χ3v) is 2.86. The summed E-state index contributed by atoms with van der Waals surface area (Å²) in [5.74, 6) is 0. The van der Waals surface area contributed by atoms with Gasteiger partial charge in [0.15, 0.2) is 0 Å². The van der Waals surface area contributed by atoms with Crippen LogP contribution in [0.2, 0.25) is 0 Å². The second kappa shape index (κ2) is 6.17. The first-order valence-electron chi connectivity index (χ1n) is 5.47. The molecule has 0 aromatic heterocycles. The van der Waals surface area contributed by atoms with E-state index in [-0.39, 0.29) is 0 Å². The van der Waals surface area contributed by atoms with Gasteiger partial charge in [-0.25, -0.2) is 0 Å². The SMILES string of the molecule is CCC1CCCCN1CC=CCN. The molecule has 1 heterocycles. The second-order valence-corrected chi connectivity index (χ2v) is 3.76. The summed E-state index contributed by atoms with van der Waals surface area (Å²) in [6.45, 7) is 5.32. The molecule has 1 fully saturated rings. The molecule has 1 aliphatic rings. The van der Waals surface area contributed by atoms with Crippen LogP contribution in [-0.2, 0) is 0 Å². The zero-order valence-corrected chi connectivity index (χ0v) is 8.71. The fourth-order valence-electron chi connectivity index (χ4n) is 2.07. The second-order valence-electron chi connectivity index (χ2n) is 3.76. The van der Waals surface area contributed by atoms with Crippen LogP contribution in [0, 0.1) is 0 Å². The van der Waals surface area contributed by atoms with Crippen LogP contribution in [0.5, 0.6) is 0 Å². The summed E-state index contributed by atoms with van der Waals surface area (Å²) in [7, 11) is 0. The van der Waals surface area contributed by atoms with Crippen LogP contribution in [0.25, 0.3) is 0 Å². The van der Waals surface area contributed by atoms with Gasteiger partial charge < -0.3 is 5.73 Å². The molecule has 0 aromatic rings. The van der Waals surface area contributed by atoms with Gasteiger partial charge in [-0.05, 0) is 25.8 Å². The van der Waals surface area contributed by atoms with E-state index in [2.05, 4.69) is 24.0 Å². The molecule has 2 heteroatoms. The number of hydrogen-bond acceptors (Lipinski definition) is 2. The number of likely N-dealkylation sites (tertiary alicyclic amines) is 1. The Kier molecular flexibility index (Phi) is 5.09. The van der Waals surface area contributed by atoms with E-state index in [0.717, 1.165) is 12.6 Å². The Morgan fingerprint density at radius 3 is 2.92 bits per heavy atom. The van der Waals surface area contributed by atoms with E-state index in [4.69, 9.17) is 5.73 Å². The highest BCUT2D eigenvalue weighted by atomic mass is 15.2. The van der Waals surface area contributed by atoms with Crippen LogP contribution in [0.15, 0.2) is 12.2 Å². The van der Waals surface area contributed by atoms with Gasteiger partial charge in [0.25, 0.3) is 0 Å². The average Bonchev–Trinajstić information content (AvgIpc) is 2.19. The lowest BCUT2D eigenvalue weighted by molar-refractivity contribution is 0.161. The van der Waals surface area contributed by atoms with Crippen LogP contribution in [0.1, 0.15) is 32.6 Å². The van der Waals surface area contributed by atoms with Gasteiger partial charge >= 0.3 is 0 Å². The van der Waals surface area contributed by atoms with Crippen molar-refractivity contribution >= 4 is 0 Å². The third kappa shape index (κ3) is 3.49. The molecule has 1 aliphatic heterocycles. The molecule has 0 aliphatic carbocycles.